The molecule has 3 rings (SSSR count). The molecule has 1 fully saturated rings. The first kappa shape index (κ1) is 20.3. The number of likely N-dealkylation sites (tertiary alicyclic amines) is 1. The highest BCUT2D eigenvalue weighted by Gasteiger charge is 2.43. The van der Waals surface area contributed by atoms with E-state index in [1.54, 1.807) is 4.90 Å². The monoisotopic (exact) mass is 396 g/mol. The molecule has 8 heteroatoms. The molecule has 2 aliphatic heterocycles. The van der Waals surface area contributed by atoms with Crippen LogP contribution in [0.1, 0.15) is 46.8 Å². The Hall–Kier alpha value is -1.48. The molecule has 2 N–H and O–H groups in total. The lowest BCUT2D eigenvalue weighted by molar-refractivity contribution is -0.147. The Morgan fingerprint density at radius 2 is 2.19 bits per heavy atom. The summed E-state index contributed by atoms with van der Waals surface area (Å²) in [7, 11) is 0. The molecular weight excluding hydrogens is 368 g/mol. The molecule has 1 aromatic rings. The Kier molecular flexibility index (Phi) is 6.52. The highest BCUT2D eigenvalue weighted by Crippen LogP contribution is 2.45. The van der Waals surface area contributed by atoms with Gasteiger partial charge in [-0.2, -0.15) is 0 Å². The van der Waals surface area contributed by atoms with Gasteiger partial charge in [-0.05, 0) is 44.7 Å². The smallest absolute Gasteiger partial charge is 0.261 e. The number of ether oxygens (including phenoxy) is 2. The Labute approximate surface area is 163 Å². The van der Waals surface area contributed by atoms with Crippen molar-refractivity contribution in [3.05, 3.63) is 21.4 Å². The number of rotatable bonds is 6. The van der Waals surface area contributed by atoms with Gasteiger partial charge in [0.2, 0.25) is 0 Å². The van der Waals surface area contributed by atoms with Crippen molar-refractivity contribution < 1.29 is 24.2 Å². The third kappa shape index (κ3) is 4.34. The van der Waals surface area contributed by atoms with Gasteiger partial charge < -0.3 is 24.8 Å². The molecule has 27 heavy (non-hydrogen) atoms. The van der Waals surface area contributed by atoms with E-state index < -0.39 is 11.7 Å². The molecule has 1 spiro atoms. The molecule has 2 amide bonds. The summed E-state index contributed by atoms with van der Waals surface area (Å²) in [4.78, 5) is 28.0. The fraction of sp³-hybridized carbons (Fsp3) is 0.684. The maximum Gasteiger partial charge on any atom is 0.261 e. The van der Waals surface area contributed by atoms with E-state index in [-0.39, 0.29) is 11.8 Å². The number of nitrogens with one attached hydrogen (secondary N) is 1. The van der Waals surface area contributed by atoms with Gasteiger partial charge in [0.15, 0.2) is 0 Å². The van der Waals surface area contributed by atoms with Crippen LogP contribution in [0, 0.1) is 0 Å². The quantitative estimate of drug-likeness (QED) is 0.708. The number of thiophene rings is 1. The lowest BCUT2D eigenvalue weighted by Crippen LogP contribution is -2.49. The van der Waals surface area contributed by atoms with E-state index in [1.807, 2.05) is 13.0 Å². The van der Waals surface area contributed by atoms with Gasteiger partial charge in [0.05, 0.1) is 18.1 Å². The van der Waals surface area contributed by atoms with E-state index in [0.717, 1.165) is 11.3 Å². The van der Waals surface area contributed by atoms with Gasteiger partial charge in [0.1, 0.15) is 11.7 Å². The van der Waals surface area contributed by atoms with Gasteiger partial charge in [0, 0.05) is 31.1 Å². The molecule has 150 valence electrons. The molecule has 0 bridgehead atoms. The van der Waals surface area contributed by atoms with Gasteiger partial charge in [-0.3, -0.25) is 9.59 Å². The van der Waals surface area contributed by atoms with Crippen LogP contribution < -0.4 is 5.32 Å². The molecule has 7 nitrogen and oxygen atoms in total. The average molecular weight is 397 g/mol. The fourth-order valence-electron chi connectivity index (χ4n) is 3.73. The van der Waals surface area contributed by atoms with Crippen LogP contribution >= 0.6 is 11.3 Å². The summed E-state index contributed by atoms with van der Waals surface area (Å²) < 4.78 is 11.4. The second-order valence-electron chi connectivity index (χ2n) is 7.01. The van der Waals surface area contributed by atoms with Crippen molar-refractivity contribution in [2.24, 2.45) is 0 Å². The SMILES string of the molecule is CCOCCNC(=O)c1cc2c(s1)C1(CCN(C(=O)C(C)O)CC1)OCC2. The molecule has 2 aliphatic rings. The Morgan fingerprint density at radius 3 is 2.85 bits per heavy atom. The largest absolute Gasteiger partial charge is 0.384 e. The summed E-state index contributed by atoms with van der Waals surface area (Å²) in [5.74, 6) is -0.313. The van der Waals surface area contributed by atoms with E-state index in [9.17, 15) is 14.7 Å². The van der Waals surface area contributed by atoms with Crippen molar-refractivity contribution in [2.75, 3.05) is 39.5 Å². The van der Waals surface area contributed by atoms with Crippen LogP contribution in [0.5, 0.6) is 0 Å². The molecule has 0 radical (unpaired) electrons. The summed E-state index contributed by atoms with van der Waals surface area (Å²) in [5.41, 5.74) is 0.758. The average Bonchev–Trinajstić information content (AvgIpc) is 3.11. The topological polar surface area (TPSA) is 88.1 Å². The minimum Gasteiger partial charge on any atom is -0.384 e. The van der Waals surface area contributed by atoms with Crippen molar-refractivity contribution in [1.29, 1.82) is 0 Å². The normalized spacial score (nSPS) is 19.6. The minimum atomic E-state index is -0.976. The second-order valence-corrected chi connectivity index (χ2v) is 8.06. The van der Waals surface area contributed by atoms with Crippen LogP contribution in [0.4, 0.5) is 0 Å². The lowest BCUT2D eigenvalue weighted by atomic mass is 9.85. The van der Waals surface area contributed by atoms with Crippen molar-refractivity contribution in [2.45, 2.75) is 44.8 Å². The third-order valence-electron chi connectivity index (χ3n) is 5.17. The minimum absolute atomic E-state index is 0.0778. The molecule has 1 aromatic heterocycles. The Balaban J connectivity index is 1.69. The summed E-state index contributed by atoms with van der Waals surface area (Å²) in [6.07, 6.45) is 1.20. The Bertz CT molecular complexity index is 680. The van der Waals surface area contributed by atoms with Gasteiger partial charge in [-0.15, -0.1) is 11.3 Å². The maximum absolute atomic E-state index is 12.4. The van der Waals surface area contributed by atoms with Crippen molar-refractivity contribution in [3.8, 4) is 0 Å². The lowest BCUT2D eigenvalue weighted by Gasteiger charge is -2.43. The number of aliphatic hydroxyl groups is 1. The van der Waals surface area contributed by atoms with E-state index in [4.69, 9.17) is 9.47 Å². The summed E-state index contributed by atoms with van der Waals surface area (Å²) in [6, 6.07) is 1.98. The third-order valence-corrected chi connectivity index (χ3v) is 6.53. The van der Waals surface area contributed by atoms with Gasteiger partial charge in [-0.1, -0.05) is 0 Å². The number of amides is 2. The van der Waals surface area contributed by atoms with E-state index in [0.29, 0.717) is 57.2 Å². The summed E-state index contributed by atoms with van der Waals surface area (Å²) in [5, 5.41) is 12.4. The number of hydrogen-bond donors (Lipinski definition) is 2. The zero-order valence-electron chi connectivity index (χ0n) is 16.0. The molecule has 0 aromatic carbocycles. The predicted molar refractivity (Wildman–Crippen MR) is 102 cm³/mol. The van der Waals surface area contributed by atoms with E-state index >= 15 is 0 Å². The fourth-order valence-corrected chi connectivity index (χ4v) is 5.05. The number of nitrogens with zero attached hydrogens (tertiary/aromatic N) is 1. The molecule has 0 aliphatic carbocycles. The number of hydrogen-bond acceptors (Lipinski definition) is 6. The van der Waals surface area contributed by atoms with Crippen LogP contribution in [0.3, 0.4) is 0 Å². The number of piperidine rings is 1. The first-order valence-electron chi connectivity index (χ1n) is 9.57. The zero-order chi connectivity index (χ0) is 19.4. The highest BCUT2D eigenvalue weighted by atomic mass is 32.1. The molecular formula is C19H28N2O5S. The number of carbonyl (C=O) groups is 2. The maximum atomic E-state index is 12.4. The van der Waals surface area contributed by atoms with Crippen molar-refractivity contribution >= 4 is 23.2 Å². The summed E-state index contributed by atoms with van der Waals surface area (Å²) in [6.45, 7) is 6.79. The van der Waals surface area contributed by atoms with E-state index in [1.165, 1.54) is 23.8 Å². The van der Waals surface area contributed by atoms with Crippen LogP contribution in [-0.2, 0) is 26.3 Å². The second kappa shape index (κ2) is 8.68. The van der Waals surface area contributed by atoms with Gasteiger partial charge in [0.25, 0.3) is 11.8 Å². The summed E-state index contributed by atoms with van der Waals surface area (Å²) >= 11 is 1.50. The molecule has 0 saturated carbocycles. The Morgan fingerprint density at radius 1 is 1.44 bits per heavy atom. The molecule has 3 heterocycles. The van der Waals surface area contributed by atoms with E-state index in [2.05, 4.69) is 5.32 Å². The van der Waals surface area contributed by atoms with Crippen LogP contribution in [0.15, 0.2) is 6.07 Å². The van der Waals surface area contributed by atoms with Crippen LogP contribution in [0.25, 0.3) is 0 Å². The van der Waals surface area contributed by atoms with Crippen molar-refractivity contribution in [3.63, 3.8) is 0 Å². The number of aliphatic hydroxyl groups excluding tert-OH is 1. The standard InChI is InChI=1S/C19H28N2O5S/c1-3-25-11-7-20-17(23)15-12-14-4-10-26-19(16(14)27-15)5-8-21(9-6-19)18(24)13(2)22/h12-13,22H,3-11H2,1-2H3,(H,20,23). The zero-order valence-corrected chi connectivity index (χ0v) is 16.8. The van der Waals surface area contributed by atoms with Gasteiger partial charge in [-0.25, -0.2) is 0 Å². The number of carbonyl (C=O) groups excluding carboxylic acids is 2. The van der Waals surface area contributed by atoms with Crippen LogP contribution in [0.2, 0.25) is 0 Å². The predicted octanol–water partition coefficient (Wildman–Crippen LogP) is 1.29. The first-order valence-corrected chi connectivity index (χ1v) is 10.4. The van der Waals surface area contributed by atoms with Crippen LogP contribution in [-0.4, -0.2) is 67.4 Å². The molecule has 1 unspecified atom stereocenters. The first-order chi connectivity index (χ1) is 13.0. The highest BCUT2D eigenvalue weighted by molar-refractivity contribution is 7.14. The number of fused-ring (bicyclic) bond motifs is 2. The molecule has 1 atom stereocenters. The molecule has 1 saturated heterocycles. The van der Waals surface area contributed by atoms with Crippen molar-refractivity contribution in [1.82, 2.24) is 10.2 Å². The van der Waals surface area contributed by atoms with Gasteiger partial charge >= 0.3 is 0 Å².